The van der Waals surface area contributed by atoms with E-state index in [2.05, 4.69) is 4.98 Å². The number of amides is 1. The van der Waals surface area contributed by atoms with Gasteiger partial charge in [-0.2, -0.15) is 0 Å². The van der Waals surface area contributed by atoms with Gasteiger partial charge in [-0.05, 0) is 31.0 Å². The second-order valence-corrected chi connectivity index (χ2v) is 5.27. The van der Waals surface area contributed by atoms with Crippen LogP contribution in [0, 0.1) is 5.82 Å². The first-order chi connectivity index (χ1) is 10.1. The zero-order chi connectivity index (χ0) is 15.0. The number of benzene rings is 1. The van der Waals surface area contributed by atoms with Crippen LogP contribution in [-0.4, -0.2) is 34.9 Å². The lowest BCUT2D eigenvalue weighted by Gasteiger charge is -2.24. The number of aromatic amines is 1. The largest absolute Gasteiger partial charge is 0.334 e. The number of nitrogens with zero attached hydrogens (tertiary/aromatic N) is 1. The van der Waals surface area contributed by atoms with Gasteiger partial charge in [0.05, 0.1) is 11.1 Å². The molecule has 21 heavy (non-hydrogen) atoms. The van der Waals surface area contributed by atoms with Crippen molar-refractivity contribution in [1.82, 2.24) is 9.88 Å². The summed E-state index contributed by atoms with van der Waals surface area (Å²) in [5, 5.41) is 0.545. The number of carbonyl (C=O) groups is 1. The Kier molecular flexibility index (Phi) is 3.47. The number of aromatic nitrogens is 1. The number of H-pyrrole nitrogens is 1. The molecule has 0 bridgehead atoms. The van der Waals surface area contributed by atoms with Crippen LogP contribution in [0.3, 0.4) is 0 Å². The highest BCUT2D eigenvalue weighted by atomic mass is 19.1. The Morgan fingerprint density at radius 1 is 1.43 bits per heavy atom. The molecule has 5 nitrogen and oxygen atoms in total. The number of rotatable bonds is 2. The van der Waals surface area contributed by atoms with Crippen molar-refractivity contribution in [3.8, 4) is 0 Å². The van der Waals surface area contributed by atoms with Gasteiger partial charge in [0.25, 0.3) is 5.91 Å². The SMILES string of the molecule is NCC1CCCN1C(=O)c1cc(=O)[nH]c2cc(F)ccc12. The number of hydrogen-bond acceptors (Lipinski definition) is 3. The molecular formula is C15H16FN3O2. The minimum absolute atomic E-state index is 0.00675. The molecule has 1 amide bonds. The quantitative estimate of drug-likeness (QED) is 0.872. The molecule has 1 unspecified atom stereocenters. The second kappa shape index (κ2) is 5.29. The molecule has 1 atom stereocenters. The molecule has 0 aliphatic carbocycles. The number of pyridine rings is 1. The van der Waals surface area contributed by atoms with E-state index in [1.807, 2.05) is 0 Å². The maximum absolute atomic E-state index is 13.3. The first kappa shape index (κ1) is 13.8. The van der Waals surface area contributed by atoms with Crippen LogP contribution in [0.4, 0.5) is 4.39 Å². The molecule has 0 radical (unpaired) electrons. The van der Waals surface area contributed by atoms with Crippen molar-refractivity contribution in [3.63, 3.8) is 0 Å². The zero-order valence-corrected chi connectivity index (χ0v) is 11.4. The number of nitrogens with two attached hydrogens (primary N) is 1. The van der Waals surface area contributed by atoms with Crippen molar-refractivity contribution in [2.45, 2.75) is 18.9 Å². The highest BCUT2D eigenvalue weighted by Gasteiger charge is 2.29. The smallest absolute Gasteiger partial charge is 0.255 e. The predicted molar refractivity (Wildman–Crippen MR) is 77.6 cm³/mol. The van der Waals surface area contributed by atoms with Crippen molar-refractivity contribution >= 4 is 16.8 Å². The number of carbonyl (C=O) groups excluding carboxylic acids is 1. The van der Waals surface area contributed by atoms with Gasteiger partial charge in [0.1, 0.15) is 5.82 Å². The maximum Gasteiger partial charge on any atom is 0.255 e. The van der Waals surface area contributed by atoms with E-state index in [0.717, 1.165) is 12.8 Å². The van der Waals surface area contributed by atoms with Gasteiger partial charge in [0.2, 0.25) is 5.56 Å². The van der Waals surface area contributed by atoms with E-state index < -0.39 is 11.4 Å². The number of nitrogens with one attached hydrogen (secondary N) is 1. The van der Waals surface area contributed by atoms with Crippen molar-refractivity contribution in [3.05, 3.63) is 46.0 Å². The molecule has 0 spiro atoms. The fraction of sp³-hybridized carbons (Fsp3) is 0.333. The Morgan fingerprint density at radius 2 is 2.24 bits per heavy atom. The molecule has 110 valence electrons. The Hall–Kier alpha value is -2.21. The third-order valence-corrected chi connectivity index (χ3v) is 3.95. The highest BCUT2D eigenvalue weighted by Crippen LogP contribution is 2.23. The summed E-state index contributed by atoms with van der Waals surface area (Å²) in [5.41, 5.74) is 5.90. The number of likely N-dealkylation sites (tertiary alicyclic amines) is 1. The van der Waals surface area contributed by atoms with Gasteiger partial charge in [-0.1, -0.05) is 0 Å². The Labute approximate surface area is 120 Å². The third-order valence-electron chi connectivity index (χ3n) is 3.95. The van der Waals surface area contributed by atoms with Crippen LogP contribution >= 0.6 is 0 Å². The average Bonchev–Trinajstić information content (AvgIpc) is 2.93. The molecule has 1 aromatic heterocycles. The summed E-state index contributed by atoms with van der Waals surface area (Å²) < 4.78 is 13.3. The molecule has 1 saturated heterocycles. The highest BCUT2D eigenvalue weighted by molar-refractivity contribution is 6.06. The van der Waals surface area contributed by atoms with Crippen molar-refractivity contribution in [2.75, 3.05) is 13.1 Å². The fourth-order valence-corrected chi connectivity index (χ4v) is 2.91. The predicted octanol–water partition coefficient (Wildman–Crippen LogP) is 1.23. The monoisotopic (exact) mass is 289 g/mol. The molecule has 1 aromatic carbocycles. The molecule has 6 heteroatoms. The summed E-state index contributed by atoms with van der Waals surface area (Å²) in [7, 11) is 0. The van der Waals surface area contributed by atoms with Crippen LogP contribution in [0.1, 0.15) is 23.2 Å². The van der Waals surface area contributed by atoms with Gasteiger partial charge >= 0.3 is 0 Å². The van der Waals surface area contributed by atoms with Crippen molar-refractivity contribution < 1.29 is 9.18 Å². The fourth-order valence-electron chi connectivity index (χ4n) is 2.91. The van der Waals surface area contributed by atoms with E-state index in [1.54, 1.807) is 4.90 Å². The van der Waals surface area contributed by atoms with Crippen LogP contribution < -0.4 is 11.3 Å². The summed E-state index contributed by atoms with van der Waals surface area (Å²) in [6.07, 6.45) is 1.78. The summed E-state index contributed by atoms with van der Waals surface area (Å²) in [5.74, 6) is -0.672. The molecule has 1 aliphatic heterocycles. The van der Waals surface area contributed by atoms with Crippen molar-refractivity contribution in [1.29, 1.82) is 0 Å². The van der Waals surface area contributed by atoms with E-state index in [0.29, 0.717) is 29.6 Å². The number of hydrogen-bond donors (Lipinski definition) is 2. The zero-order valence-electron chi connectivity index (χ0n) is 11.4. The molecular weight excluding hydrogens is 273 g/mol. The Bertz CT molecular complexity index is 756. The summed E-state index contributed by atoms with van der Waals surface area (Å²) in [4.78, 5) is 28.7. The molecule has 3 N–H and O–H groups in total. The standard InChI is InChI=1S/C15H16FN3O2/c16-9-3-4-11-12(7-14(20)18-13(11)6-9)15(21)19-5-1-2-10(19)8-17/h3-4,6-7,10H,1-2,5,8,17H2,(H,18,20). The number of halogens is 1. The van der Waals surface area contributed by atoms with Crippen LogP contribution in [0.5, 0.6) is 0 Å². The first-order valence-electron chi connectivity index (χ1n) is 6.94. The lowest BCUT2D eigenvalue weighted by molar-refractivity contribution is 0.0743. The Balaban J connectivity index is 2.11. The normalized spacial score (nSPS) is 18.4. The van der Waals surface area contributed by atoms with E-state index in [4.69, 9.17) is 5.73 Å². The van der Waals surface area contributed by atoms with Gasteiger partial charge in [0.15, 0.2) is 0 Å². The minimum atomic E-state index is -0.455. The van der Waals surface area contributed by atoms with E-state index in [9.17, 15) is 14.0 Å². The summed E-state index contributed by atoms with van der Waals surface area (Å²) in [6, 6.07) is 5.29. The van der Waals surface area contributed by atoms with E-state index >= 15 is 0 Å². The molecule has 0 saturated carbocycles. The van der Waals surface area contributed by atoms with Gasteiger partial charge in [-0.3, -0.25) is 9.59 Å². The van der Waals surface area contributed by atoms with Gasteiger partial charge in [0, 0.05) is 30.6 Å². The Morgan fingerprint density at radius 3 is 3.00 bits per heavy atom. The average molecular weight is 289 g/mol. The molecule has 2 aromatic rings. The maximum atomic E-state index is 13.3. The van der Waals surface area contributed by atoms with E-state index in [-0.39, 0.29) is 11.9 Å². The topological polar surface area (TPSA) is 79.2 Å². The van der Waals surface area contributed by atoms with Crippen LogP contribution in [0.15, 0.2) is 29.1 Å². The van der Waals surface area contributed by atoms with Crippen LogP contribution in [0.2, 0.25) is 0 Å². The lowest BCUT2D eigenvalue weighted by atomic mass is 10.1. The molecule has 1 fully saturated rings. The van der Waals surface area contributed by atoms with Crippen LogP contribution in [-0.2, 0) is 0 Å². The minimum Gasteiger partial charge on any atom is -0.334 e. The van der Waals surface area contributed by atoms with Crippen molar-refractivity contribution in [2.24, 2.45) is 5.73 Å². The molecule has 1 aliphatic rings. The second-order valence-electron chi connectivity index (χ2n) is 5.27. The van der Waals surface area contributed by atoms with Gasteiger partial charge in [-0.25, -0.2) is 4.39 Å². The van der Waals surface area contributed by atoms with Gasteiger partial charge < -0.3 is 15.6 Å². The molecule has 3 rings (SSSR count). The first-order valence-corrected chi connectivity index (χ1v) is 6.94. The number of fused-ring (bicyclic) bond motifs is 1. The van der Waals surface area contributed by atoms with Crippen LogP contribution in [0.25, 0.3) is 10.9 Å². The third kappa shape index (κ3) is 2.42. The summed E-state index contributed by atoms with van der Waals surface area (Å²) in [6.45, 7) is 1.04. The lowest BCUT2D eigenvalue weighted by Crippen LogP contribution is -2.40. The van der Waals surface area contributed by atoms with E-state index in [1.165, 1.54) is 24.3 Å². The molecule has 2 heterocycles. The van der Waals surface area contributed by atoms with Gasteiger partial charge in [-0.15, -0.1) is 0 Å². The summed E-state index contributed by atoms with van der Waals surface area (Å²) >= 11 is 0.